The predicted molar refractivity (Wildman–Crippen MR) is 110 cm³/mol. The third kappa shape index (κ3) is 4.16. The molecule has 5 nitrogen and oxygen atoms in total. The Morgan fingerprint density at radius 3 is 2.53 bits per heavy atom. The molecule has 0 radical (unpaired) electrons. The fourth-order valence-electron chi connectivity index (χ4n) is 3.31. The van der Waals surface area contributed by atoms with E-state index in [0.717, 1.165) is 23.3 Å². The van der Waals surface area contributed by atoms with Crippen LogP contribution in [0.3, 0.4) is 0 Å². The number of carbonyl (C=O) groups is 1. The molecule has 8 heteroatoms. The Balaban J connectivity index is 1.55. The second-order valence-corrected chi connectivity index (χ2v) is 7.29. The summed E-state index contributed by atoms with van der Waals surface area (Å²) in [6.07, 6.45) is -4.49. The zero-order valence-electron chi connectivity index (χ0n) is 17.1. The molecule has 0 spiro atoms. The summed E-state index contributed by atoms with van der Waals surface area (Å²) in [7, 11) is 0. The minimum atomic E-state index is -4.49. The first-order valence-electron chi connectivity index (χ1n) is 9.61. The van der Waals surface area contributed by atoms with Gasteiger partial charge in [0.2, 0.25) is 5.76 Å². The number of hydrogen-bond donors (Lipinski definition) is 0. The van der Waals surface area contributed by atoms with Gasteiger partial charge in [0.25, 0.3) is 0 Å². The maximum atomic E-state index is 12.9. The number of hydrogen-bond acceptors (Lipinski definition) is 5. The molecule has 32 heavy (non-hydrogen) atoms. The highest BCUT2D eigenvalue weighted by molar-refractivity contribution is 5.88. The van der Waals surface area contributed by atoms with E-state index in [1.165, 1.54) is 30.3 Å². The van der Waals surface area contributed by atoms with Crippen LogP contribution in [0, 0.1) is 13.8 Å². The van der Waals surface area contributed by atoms with E-state index in [0.29, 0.717) is 16.5 Å². The maximum absolute atomic E-state index is 12.9. The quantitative estimate of drug-likeness (QED) is 0.284. The Labute approximate surface area is 180 Å². The molecule has 0 N–H and O–H groups in total. The Morgan fingerprint density at radius 1 is 1.00 bits per heavy atom. The smallest absolute Gasteiger partial charge is 0.416 e. The van der Waals surface area contributed by atoms with Crippen LogP contribution in [0.25, 0.3) is 22.3 Å². The average molecular weight is 442 g/mol. The monoisotopic (exact) mass is 442 g/mol. The summed E-state index contributed by atoms with van der Waals surface area (Å²) >= 11 is 0. The van der Waals surface area contributed by atoms with Crippen LogP contribution in [-0.2, 0) is 17.5 Å². The molecule has 0 aliphatic rings. The van der Waals surface area contributed by atoms with Crippen molar-refractivity contribution in [3.05, 3.63) is 93.0 Å². The van der Waals surface area contributed by atoms with Crippen molar-refractivity contribution in [2.75, 3.05) is 0 Å². The Hall–Kier alpha value is -3.81. The summed E-state index contributed by atoms with van der Waals surface area (Å²) in [6, 6.07) is 12.2. The largest absolute Gasteiger partial charge is 0.455 e. The van der Waals surface area contributed by atoms with Crippen LogP contribution in [0.1, 0.15) is 32.8 Å². The van der Waals surface area contributed by atoms with Crippen LogP contribution < -0.4 is 5.63 Å². The molecule has 0 aliphatic carbocycles. The lowest BCUT2D eigenvalue weighted by Gasteiger charge is -2.09. The van der Waals surface area contributed by atoms with Gasteiger partial charge >= 0.3 is 17.8 Å². The summed E-state index contributed by atoms with van der Waals surface area (Å²) < 4.78 is 54.8. The average Bonchev–Trinajstić information content (AvgIpc) is 3.25. The Bertz CT molecular complexity index is 1380. The molecule has 0 atom stereocenters. The predicted octanol–water partition coefficient (Wildman–Crippen LogP) is 6.05. The molecule has 164 valence electrons. The number of benzene rings is 2. The molecule has 0 fully saturated rings. The van der Waals surface area contributed by atoms with E-state index in [9.17, 15) is 22.8 Å². The summed E-state index contributed by atoms with van der Waals surface area (Å²) in [6.45, 7) is 3.51. The van der Waals surface area contributed by atoms with Crippen molar-refractivity contribution in [1.82, 2.24) is 0 Å². The number of carbonyl (C=O) groups excluding carboxylic acids is 1. The highest BCUT2D eigenvalue weighted by Gasteiger charge is 2.30. The molecule has 4 aromatic rings. The van der Waals surface area contributed by atoms with Crippen LogP contribution in [0.4, 0.5) is 13.2 Å². The van der Waals surface area contributed by atoms with Crippen molar-refractivity contribution < 1.29 is 31.5 Å². The van der Waals surface area contributed by atoms with Gasteiger partial charge in [0.15, 0.2) is 0 Å². The van der Waals surface area contributed by atoms with E-state index >= 15 is 0 Å². The van der Waals surface area contributed by atoms with Gasteiger partial charge in [-0.05, 0) is 49.2 Å². The van der Waals surface area contributed by atoms with Crippen molar-refractivity contribution in [3.8, 4) is 11.3 Å². The van der Waals surface area contributed by atoms with Gasteiger partial charge in [-0.3, -0.25) is 0 Å². The SMILES string of the molecule is Cc1ccc2c(COC(=O)c3ccc(-c4cccc(C(F)(F)F)c4)o3)cc(=O)oc2c1C. The Kier molecular flexibility index (Phi) is 5.38. The van der Waals surface area contributed by atoms with Crippen molar-refractivity contribution in [1.29, 1.82) is 0 Å². The highest BCUT2D eigenvalue weighted by Crippen LogP contribution is 2.33. The molecule has 0 bridgehead atoms. The lowest BCUT2D eigenvalue weighted by Crippen LogP contribution is -2.08. The third-order valence-corrected chi connectivity index (χ3v) is 5.16. The number of aryl methyl sites for hydroxylation is 2. The number of ether oxygens (including phenoxy) is 1. The van der Waals surface area contributed by atoms with Gasteiger partial charge in [-0.2, -0.15) is 13.2 Å². The van der Waals surface area contributed by atoms with Gasteiger partial charge in [-0.25, -0.2) is 9.59 Å². The number of rotatable bonds is 4. The molecular weight excluding hydrogens is 425 g/mol. The molecule has 4 rings (SSSR count). The van der Waals surface area contributed by atoms with Crippen molar-refractivity contribution in [3.63, 3.8) is 0 Å². The van der Waals surface area contributed by atoms with Gasteiger partial charge in [0, 0.05) is 22.6 Å². The Morgan fingerprint density at radius 2 is 1.78 bits per heavy atom. The van der Waals surface area contributed by atoms with E-state index in [2.05, 4.69) is 0 Å². The number of furan rings is 1. The molecule has 2 aromatic heterocycles. The molecule has 2 heterocycles. The number of alkyl halides is 3. The molecule has 2 aromatic carbocycles. The molecule has 0 saturated heterocycles. The fraction of sp³-hybridized carbons (Fsp3) is 0.167. The second-order valence-electron chi connectivity index (χ2n) is 7.29. The maximum Gasteiger partial charge on any atom is 0.416 e. The minimum Gasteiger partial charge on any atom is -0.455 e. The number of halogens is 3. The first-order valence-corrected chi connectivity index (χ1v) is 9.61. The van der Waals surface area contributed by atoms with Crippen LogP contribution in [0.15, 0.2) is 68.2 Å². The van der Waals surface area contributed by atoms with Gasteiger partial charge in [-0.15, -0.1) is 0 Å². The van der Waals surface area contributed by atoms with Crippen molar-refractivity contribution in [2.45, 2.75) is 26.6 Å². The summed E-state index contributed by atoms with van der Waals surface area (Å²) in [5, 5.41) is 0.643. The van der Waals surface area contributed by atoms with Crippen molar-refractivity contribution >= 4 is 16.9 Å². The first-order chi connectivity index (χ1) is 15.1. The molecule has 0 aliphatic heterocycles. The highest BCUT2D eigenvalue weighted by atomic mass is 19.4. The zero-order valence-corrected chi connectivity index (χ0v) is 17.1. The van der Waals surface area contributed by atoms with E-state index in [-0.39, 0.29) is 23.7 Å². The van der Waals surface area contributed by atoms with E-state index in [1.807, 2.05) is 19.9 Å². The summed E-state index contributed by atoms with van der Waals surface area (Å²) in [5.74, 6) is -0.884. The topological polar surface area (TPSA) is 69.7 Å². The number of esters is 1. The fourth-order valence-corrected chi connectivity index (χ4v) is 3.31. The normalized spacial score (nSPS) is 11.7. The van der Waals surface area contributed by atoms with Crippen molar-refractivity contribution in [2.24, 2.45) is 0 Å². The summed E-state index contributed by atoms with van der Waals surface area (Å²) in [5.41, 5.74) is 1.44. The van der Waals surface area contributed by atoms with Crippen LogP contribution in [-0.4, -0.2) is 5.97 Å². The van der Waals surface area contributed by atoms with E-state index < -0.39 is 23.3 Å². The van der Waals surface area contributed by atoms with Crippen LogP contribution in [0.2, 0.25) is 0 Å². The molecular formula is C24H17F3O5. The summed E-state index contributed by atoms with van der Waals surface area (Å²) in [4.78, 5) is 24.4. The zero-order chi connectivity index (χ0) is 23.0. The lowest BCUT2D eigenvalue weighted by atomic mass is 10.0. The lowest BCUT2D eigenvalue weighted by molar-refractivity contribution is -0.137. The van der Waals surface area contributed by atoms with Gasteiger partial charge in [-0.1, -0.05) is 24.3 Å². The second kappa shape index (κ2) is 8.03. The van der Waals surface area contributed by atoms with Gasteiger partial charge in [0.1, 0.15) is 18.0 Å². The van der Waals surface area contributed by atoms with Gasteiger partial charge < -0.3 is 13.6 Å². The molecule has 0 unspecified atom stereocenters. The minimum absolute atomic E-state index is 0.0972. The third-order valence-electron chi connectivity index (χ3n) is 5.16. The molecule has 0 amide bonds. The number of fused-ring (bicyclic) bond motifs is 1. The standard InChI is InChI=1S/C24H17F3O5/c1-13-6-7-18-16(11-21(28)32-22(18)14(13)2)12-30-23(29)20-9-8-19(31-20)15-4-3-5-17(10-15)24(25,26)27/h3-11H,12H2,1-2H3. The van der Waals surface area contributed by atoms with E-state index in [4.69, 9.17) is 13.6 Å². The first kappa shape index (κ1) is 21.4. The van der Waals surface area contributed by atoms with Crippen LogP contribution >= 0.6 is 0 Å². The van der Waals surface area contributed by atoms with Gasteiger partial charge in [0.05, 0.1) is 5.56 Å². The van der Waals surface area contributed by atoms with E-state index in [1.54, 1.807) is 6.07 Å². The van der Waals surface area contributed by atoms with Crippen LogP contribution in [0.5, 0.6) is 0 Å². The molecule has 0 saturated carbocycles.